The van der Waals surface area contributed by atoms with Crippen LogP contribution >= 0.6 is 0 Å². The molecule has 0 amide bonds. The van der Waals surface area contributed by atoms with Crippen LogP contribution < -0.4 is 0 Å². The van der Waals surface area contributed by atoms with Crippen molar-refractivity contribution in [3.8, 4) is 0 Å². The number of para-hydroxylation sites is 1. The minimum absolute atomic E-state index is 0.0318. The molecule has 0 fully saturated rings. The SMILES string of the molecule is COC(=O)[C@@H](CC(C)=O)c1c[nH]c2ccccc12. The Morgan fingerprint density at radius 3 is 2.72 bits per heavy atom. The second-order valence-corrected chi connectivity index (χ2v) is 4.27. The summed E-state index contributed by atoms with van der Waals surface area (Å²) < 4.78 is 4.78. The van der Waals surface area contributed by atoms with E-state index in [1.807, 2.05) is 24.3 Å². The average molecular weight is 245 g/mol. The number of fused-ring (bicyclic) bond motifs is 1. The maximum absolute atomic E-state index is 11.8. The van der Waals surface area contributed by atoms with E-state index in [1.54, 1.807) is 6.20 Å². The molecule has 1 heterocycles. The molecule has 0 bridgehead atoms. The zero-order chi connectivity index (χ0) is 13.1. The fourth-order valence-electron chi connectivity index (χ4n) is 2.13. The van der Waals surface area contributed by atoms with Gasteiger partial charge in [0.1, 0.15) is 5.78 Å². The van der Waals surface area contributed by atoms with E-state index in [0.717, 1.165) is 16.5 Å². The molecule has 2 aromatic rings. The van der Waals surface area contributed by atoms with E-state index < -0.39 is 5.92 Å². The molecule has 0 aliphatic rings. The molecule has 1 aromatic carbocycles. The number of carbonyl (C=O) groups excluding carboxylic acids is 2. The van der Waals surface area contributed by atoms with Gasteiger partial charge in [0.2, 0.25) is 0 Å². The van der Waals surface area contributed by atoms with Crippen molar-refractivity contribution in [3.63, 3.8) is 0 Å². The number of nitrogens with one attached hydrogen (secondary N) is 1. The number of aromatic amines is 1. The van der Waals surface area contributed by atoms with E-state index in [1.165, 1.54) is 14.0 Å². The van der Waals surface area contributed by atoms with Gasteiger partial charge in [0, 0.05) is 23.5 Å². The number of hydrogen-bond acceptors (Lipinski definition) is 3. The zero-order valence-electron chi connectivity index (χ0n) is 10.4. The fourth-order valence-corrected chi connectivity index (χ4v) is 2.13. The molecule has 94 valence electrons. The monoisotopic (exact) mass is 245 g/mol. The molecular formula is C14H15NO3. The number of ketones is 1. The summed E-state index contributed by atoms with van der Waals surface area (Å²) in [6.45, 7) is 1.48. The molecule has 1 aromatic heterocycles. The molecule has 4 heteroatoms. The molecule has 4 nitrogen and oxygen atoms in total. The topological polar surface area (TPSA) is 59.2 Å². The minimum atomic E-state index is -0.538. The van der Waals surface area contributed by atoms with E-state index in [2.05, 4.69) is 4.98 Å². The molecule has 0 aliphatic heterocycles. The Bertz CT molecular complexity index is 585. The molecule has 0 radical (unpaired) electrons. The van der Waals surface area contributed by atoms with Gasteiger partial charge in [0.05, 0.1) is 13.0 Å². The van der Waals surface area contributed by atoms with Crippen molar-refractivity contribution in [2.24, 2.45) is 0 Å². The van der Waals surface area contributed by atoms with Crippen molar-refractivity contribution in [2.75, 3.05) is 7.11 Å². The summed E-state index contributed by atoms with van der Waals surface area (Å²) >= 11 is 0. The lowest BCUT2D eigenvalue weighted by atomic mass is 9.94. The van der Waals surface area contributed by atoms with Crippen LogP contribution in [0, 0.1) is 0 Å². The van der Waals surface area contributed by atoms with E-state index in [9.17, 15) is 9.59 Å². The lowest BCUT2D eigenvalue weighted by Gasteiger charge is -2.12. The highest BCUT2D eigenvalue weighted by atomic mass is 16.5. The Balaban J connectivity index is 2.47. The van der Waals surface area contributed by atoms with Crippen molar-refractivity contribution in [2.45, 2.75) is 19.3 Å². The Morgan fingerprint density at radius 2 is 2.06 bits per heavy atom. The van der Waals surface area contributed by atoms with Gasteiger partial charge < -0.3 is 9.72 Å². The Morgan fingerprint density at radius 1 is 1.33 bits per heavy atom. The molecule has 0 saturated carbocycles. The van der Waals surface area contributed by atoms with Gasteiger partial charge in [0.15, 0.2) is 0 Å². The predicted octanol–water partition coefficient (Wildman–Crippen LogP) is 2.40. The number of Topliss-reactive ketones (excluding diaryl/α,β-unsaturated/α-hetero) is 1. The summed E-state index contributed by atoms with van der Waals surface area (Å²) in [6.07, 6.45) is 1.93. The zero-order valence-corrected chi connectivity index (χ0v) is 10.4. The molecule has 2 rings (SSSR count). The molecule has 0 aliphatic carbocycles. The lowest BCUT2D eigenvalue weighted by Crippen LogP contribution is -2.16. The predicted molar refractivity (Wildman–Crippen MR) is 68.4 cm³/mol. The molecular weight excluding hydrogens is 230 g/mol. The van der Waals surface area contributed by atoms with Gasteiger partial charge in [-0.1, -0.05) is 18.2 Å². The fraction of sp³-hybridized carbons (Fsp3) is 0.286. The highest BCUT2D eigenvalue weighted by Gasteiger charge is 2.25. The first-order valence-corrected chi connectivity index (χ1v) is 5.76. The van der Waals surface area contributed by atoms with Crippen LogP contribution in [-0.4, -0.2) is 23.8 Å². The van der Waals surface area contributed by atoms with Crippen molar-refractivity contribution in [3.05, 3.63) is 36.0 Å². The number of aromatic nitrogens is 1. The number of carbonyl (C=O) groups is 2. The maximum Gasteiger partial charge on any atom is 0.313 e. The van der Waals surface area contributed by atoms with Crippen LogP contribution in [0.15, 0.2) is 30.5 Å². The summed E-state index contributed by atoms with van der Waals surface area (Å²) in [5, 5.41) is 0.953. The molecule has 0 saturated heterocycles. The van der Waals surface area contributed by atoms with Gasteiger partial charge in [-0.3, -0.25) is 9.59 Å². The number of rotatable bonds is 4. The van der Waals surface area contributed by atoms with Gasteiger partial charge in [-0.2, -0.15) is 0 Å². The van der Waals surface area contributed by atoms with Gasteiger partial charge >= 0.3 is 5.97 Å². The molecule has 18 heavy (non-hydrogen) atoms. The van der Waals surface area contributed by atoms with Gasteiger partial charge in [-0.25, -0.2) is 0 Å². The van der Waals surface area contributed by atoms with Crippen LogP contribution in [0.1, 0.15) is 24.8 Å². The number of H-pyrrole nitrogens is 1. The lowest BCUT2D eigenvalue weighted by molar-refractivity contribution is -0.143. The number of methoxy groups -OCH3 is 1. The number of hydrogen-bond donors (Lipinski definition) is 1. The van der Waals surface area contributed by atoms with E-state index in [4.69, 9.17) is 4.74 Å². The molecule has 1 N–H and O–H groups in total. The summed E-state index contributed by atoms with van der Waals surface area (Å²) in [5.41, 5.74) is 1.76. The molecule has 0 spiro atoms. The van der Waals surface area contributed by atoms with Crippen molar-refractivity contribution in [1.29, 1.82) is 0 Å². The summed E-state index contributed by atoms with van der Waals surface area (Å²) in [7, 11) is 1.34. The van der Waals surface area contributed by atoms with Crippen LogP contribution in [0.25, 0.3) is 10.9 Å². The second kappa shape index (κ2) is 5.04. The highest BCUT2D eigenvalue weighted by Crippen LogP contribution is 2.29. The Kier molecular flexibility index (Phi) is 3.46. The summed E-state index contributed by atoms with van der Waals surface area (Å²) in [5.74, 6) is -0.950. The van der Waals surface area contributed by atoms with Crippen LogP contribution in [-0.2, 0) is 14.3 Å². The third-order valence-corrected chi connectivity index (χ3v) is 2.97. The Hall–Kier alpha value is -2.10. The van der Waals surface area contributed by atoms with Crippen LogP contribution in [0.3, 0.4) is 0 Å². The number of esters is 1. The smallest absolute Gasteiger partial charge is 0.313 e. The molecule has 0 unspecified atom stereocenters. The maximum atomic E-state index is 11.8. The normalized spacial score (nSPS) is 12.3. The number of ether oxygens (including phenoxy) is 1. The van der Waals surface area contributed by atoms with Crippen molar-refractivity contribution in [1.82, 2.24) is 4.98 Å². The minimum Gasteiger partial charge on any atom is -0.469 e. The average Bonchev–Trinajstić information content (AvgIpc) is 2.78. The Labute approximate surface area is 105 Å². The van der Waals surface area contributed by atoms with Gasteiger partial charge in [-0.05, 0) is 18.6 Å². The number of benzene rings is 1. The largest absolute Gasteiger partial charge is 0.469 e. The van der Waals surface area contributed by atoms with Crippen LogP contribution in [0.4, 0.5) is 0 Å². The van der Waals surface area contributed by atoms with E-state index in [-0.39, 0.29) is 18.2 Å². The summed E-state index contributed by atoms with van der Waals surface area (Å²) in [6, 6.07) is 7.68. The standard InChI is InChI=1S/C14H15NO3/c1-9(16)7-11(14(17)18-2)12-8-15-13-6-4-3-5-10(12)13/h3-6,8,11,15H,7H2,1-2H3/t11-/m0/s1. The quantitative estimate of drug-likeness (QED) is 0.841. The van der Waals surface area contributed by atoms with Crippen LogP contribution in [0.2, 0.25) is 0 Å². The third kappa shape index (κ3) is 2.27. The van der Waals surface area contributed by atoms with Gasteiger partial charge in [-0.15, -0.1) is 0 Å². The van der Waals surface area contributed by atoms with E-state index >= 15 is 0 Å². The molecule has 1 atom stereocenters. The first-order valence-electron chi connectivity index (χ1n) is 5.76. The third-order valence-electron chi connectivity index (χ3n) is 2.97. The van der Waals surface area contributed by atoms with Gasteiger partial charge in [0.25, 0.3) is 0 Å². The summed E-state index contributed by atoms with van der Waals surface area (Å²) in [4.78, 5) is 26.2. The van der Waals surface area contributed by atoms with E-state index in [0.29, 0.717) is 0 Å². The van der Waals surface area contributed by atoms with Crippen molar-refractivity contribution >= 4 is 22.7 Å². The van der Waals surface area contributed by atoms with Crippen LogP contribution in [0.5, 0.6) is 0 Å². The second-order valence-electron chi connectivity index (χ2n) is 4.27. The first-order chi connectivity index (χ1) is 8.63. The highest BCUT2D eigenvalue weighted by molar-refractivity contribution is 5.93. The first kappa shape index (κ1) is 12.4. The van der Waals surface area contributed by atoms with Crippen molar-refractivity contribution < 1.29 is 14.3 Å².